The lowest BCUT2D eigenvalue weighted by atomic mass is 10.3. The molecule has 1 aromatic rings. The Hall–Kier alpha value is 0.210. The summed E-state index contributed by atoms with van der Waals surface area (Å²) in [5, 5.41) is 9.11. The number of hydrogen-bond donors (Lipinski definition) is 2. The third-order valence-corrected chi connectivity index (χ3v) is 6.26. The first-order valence-corrected chi connectivity index (χ1v) is 9.37. The number of thioether (sulfide) groups is 1. The van der Waals surface area contributed by atoms with E-state index in [1.54, 1.807) is 13.0 Å². The maximum atomic E-state index is 12.2. The van der Waals surface area contributed by atoms with Crippen molar-refractivity contribution in [3.63, 3.8) is 0 Å². The van der Waals surface area contributed by atoms with Crippen molar-refractivity contribution in [3.8, 4) is 0 Å². The van der Waals surface area contributed by atoms with Crippen molar-refractivity contribution in [2.24, 2.45) is 0 Å². The highest BCUT2D eigenvalue weighted by Gasteiger charge is 2.24. The molecule has 0 aromatic heterocycles. The van der Waals surface area contributed by atoms with Crippen LogP contribution < -0.4 is 4.72 Å². The Morgan fingerprint density at radius 1 is 1.53 bits per heavy atom. The van der Waals surface area contributed by atoms with E-state index in [0.717, 1.165) is 0 Å². The Kier molecular flexibility index (Phi) is 6.62. The van der Waals surface area contributed by atoms with Crippen molar-refractivity contribution in [2.45, 2.75) is 23.1 Å². The normalized spacial score (nSPS) is 15.2. The Morgan fingerprint density at radius 3 is 2.63 bits per heavy atom. The molecule has 8 heteroatoms. The largest absolute Gasteiger partial charge is 0.395 e. The van der Waals surface area contributed by atoms with E-state index in [1.165, 1.54) is 23.9 Å². The van der Waals surface area contributed by atoms with Gasteiger partial charge in [-0.3, -0.25) is 0 Å². The summed E-state index contributed by atoms with van der Waals surface area (Å²) >= 11 is 10.6. The molecule has 2 N–H and O–H groups in total. The fraction of sp³-hybridized carbons (Fsp3) is 0.455. The van der Waals surface area contributed by atoms with Gasteiger partial charge in [0.2, 0.25) is 10.0 Å². The number of hydrogen-bond acceptors (Lipinski definition) is 4. The number of aliphatic hydroxyl groups excluding tert-OH is 1. The van der Waals surface area contributed by atoms with E-state index in [-0.39, 0.29) is 21.8 Å². The summed E-state index contributed by atoms with van der Waals surface area (Å²) in [5.74, 6) is 0. The quantitative estimate of drug-likeness (QED) is 0.786. The zero-order valence-corrected chi connectivity index (χ0v) is 14.4. The first-order valence-electron chi connectivity index (χ1n) is 5.43. The van der Waals surface area contributed by atoms with Gasteiger partial charge in [0.25, 0.3) is 0 Å². The first kappa shape index (κ1) is 17.3. The van der Waals surface area contributed by atoms with E-state index in [2.05, 4.69) is 20.7 Å². The van der Waals surface area contributed by atoms with Gasteiger partial charge in [0, 0.05) is 15.8 Å². The Morgan fingerprint density at radius 2 is 2.16 bits per heavy atom. The summed E-state index contributed by atoms with van der Waals surface area (Å²) in [6.07, 6.45) is 1.82. The van der Waals surface area contributed by atoms with E-state index >= 15 is 0 Å². The number of aliphatic hydroxyl groups is 1. The number of benzene rings is 1. The highest BCUT2D eigenvalue weighted by atomic mass is 79.9. The fourth-order valence-electron chi connectivity index (χ4n) is 1.51. The second-order valence-corrected chi connectivity index (χ2v) is 8.02. The van der Waals surface area contributed by atoms with Crippen molar-refractivity contribution in [2.75, 3.05) is 12.9 Å². The molecule has 2 atom stereocenters. The number of halogens is 2. The molecule has 1 aromatic carbocycles. The van der Waals surface area contributed by atoms with Gasteiger partial charge in [-0.1, -0.05) is 27.5 Å². The summed E-state index contributed by atoms with van der Waals surface area (Å²) in [6.45, 7) is 1.61. The molecule has 0 spiro atoms. The zero-order valence-electron chi connectivity index (χ0n) is 10.4. The van der Waals surface area contributed by atoms with Gasteiger partial charge in [-0.15, -0.1) is 0 Å². The van der Waals surface area contributed by atoms with Crippen LogP contribution in [0.25, 0.3) is 0 Å². The van der Waals surface area contributed by atoms with Gasteiger partial charge >= 0.3 is 0 Å². The average molecular weight is 389 g/mol. The minimum absolute atomic E-state index is 0.0296. The van der Waals surface area contributed by atoms with E-state index in [4.69, 9.17) is 16.7 Å². The monoisotopic (exact) mass is 387 g/mol. The molecule has 0 aliphatic heterocycles. The molecule has 108 valence electrons. The second kappa shape index (κ2) is 7.28. The second-order valence-electron chi connectivity index (χ2n) is 3.94. The number of nitrogens with one attached hydrogen (secondary N) is 1. The molecule has 0 saturated carbocycles. The molecule has 0 aliphatic carbocycles. The topological polar surface area (TPSA) is 66.4 Å². The lowest BCUT2D eigenvalue weighted by Gasteiger charge is -2.21. The molecule has 0 radical (unpaired) electrons. The van der Waals surface area contributed by atoms with Crippen LogP contribution in [0.4, 0.5) is 0 Å². The van der Waals surface area contributed by atoms with Gasteiger partial charge in [-0.25, -0.2) is 13.1 Å². The summed E-state index contributed by atoms with van der Waals surface area (Å²) in [6, 6.07) is 4.18. The van der Waals surface area contributed by atoms with E-state index in [1.807, 2.05) is 6.26 Å². The molecule has 2 unspecified atom stereocenters. The van der Waals surface area contributed by atoms with Gasteiger partial charge in [0.05, 0.1) is 11.6 Å². The standard InChI is InChI=1S/C11H15BrClNO3S2/c1-7(10(6-15)18-2)14-19(16,17)11-4-3-8(12)5-9(11)13/h3-5,7,10,14-15H,6H2,1-2H3. The number of sulfonamides is 1. The minimum atomic E-state index is -3.70. The molecule has 0 amide bonds. The zero-order chi connectivity index (χ0) is 14.6. The van der Waals surface area contributed by atoms with Crippen molar-refractivity contribution in [3.05, 3.63) is 27.7 Å². The maximum absolute atomic E-state index is 12.2. The van der Waals surface area contributed by atoms with Crippen LogP contribution in [-0.4, -0.2) is 37.7 Å². The number of rotatable bonds is 6. The molecule has 4 nitrogen and oxygen atoms in total. The summed E-state index contributed by atoms with van der Waals surface area (Å²) in [7, 11) is -3.70. The van der Waals surface area contributed by atoms with Crippen LogP contribution in [0.5, 0.6) is 0 Å². The summed E-state index contributed by atoms with van der Waals surface area (Å²) in [5.41, 5.74) is 0. The van der Waals surface area contributed by atoms with Crippen LogP contribution in [0, 0.1) is 0 Å². The Bertz CT molecular complexity index is 535. The van der Waals surface area contributed by atoms with E-state index in [9.17, 15) is 8.42 Å². The SMILES string of the molecule is CSC(CO)C(C)NS(=O)(=O)c1ccc(Br)cc1Cl. The average Bonchev–Trinajstić information content (AvgIpc) is 2.29. The third-order valence-electron chi connectivity index (χ3n) is 2.56. The summed E-state index contributed by atoms with van der Waals surface area (Å²) in [4.78, 5) is 0.0296. The van der Waals surface area contributed by atoms with Crippen molar-refractivity contribution >= 4 is 49.3 Å². The highest BCUT2D eigenvalue weighted by Crippen LogP contribution is 2.25. The van der Waals surface area contributed by atoms with Crippen molar-refractivity contribution < 1.29 is 13.5 Å². The molecular weight excluding hydrogens is 374 g/mol. The molecular formula is C11H15BrClNO3S2. The van der Waals surface area contributed by atoms with Crippen LogP contribution in [0.3, 0.4) is 0 Å². The Labute approximate surface area is 131 Å². The molecule has 0 heterocycles. The molecule has 0 fully saturated rings. The molecule has 0 saturated heterocycles. The van der Waals surface area contributed by atoms with Gasteiger partial charge < -0.3 is 5.11 Å². The van der Waals surface area contributed by atoms with Crippen LogP contribution in [0.2, 0.25) is 5.02 Å². The highest BCUT2D eigenvalue weighted by molar-refractivity contribution is 9.10. The molecule has 1 rings (SSSR count). The van der Waals surface area contributed by atoms with Crippen LogP contribution in [0.15, 0.2) is 27.6 Å². The molecule has 0 aliphatic rings. The lowest BCUT2D eigenvalue weighted by molar-refractivity contribution is 0.282. The maximum Gasteiger partial charge on any atom is 0.242 e. The fourth-order valence-corrected chi connectivity index (χ4v) is 4.55. The van der Waals surface area contributed by atoms with Gasteiger partial charge in [0.15, 0.2) is 0 Å². The van der Waals surface area contributed by atoms with Crippen molar-refractivity contribution in [1.82, 2.24) is 4.72 Å². The van der Waals surface area contributed by atoms with Gasteiger partial charge in [-0.2, -0.15) is 11.8 Å². The van der Waals surface area contributed by atoms with E-state index in [0.29, 0.717) is 4.47 Å². The van der Waals surface area contributed by atoms with Crippen LogP contribution in [-0.2, 0) is 10.0 Å². The minimum Gasteiger partial charge on any atom is -0.395 e. The third kappa shape index (κ3) is 4.61. The van der Waals surface area contributed by atoms with E-state index < -0.39 is 16.1 Å². The lowest BCUT2D eigenvalue weighted by Crippen LogP contribution is -2.41. The summed E-state index contributed by atoms with van der Waals surface area (Å²) < 4.78 is 27.7. The molecule has 19 heavy (non-hydrogen) atoms. The molecule has 0 bridgehead atoms. The van der Waals surface area contributed by atoms with Crippen LogP contribution in [0.1, 0.15) is 6.92 Å². The Balaban J connectivity index is 2.98. The van der Waals surface area contributed by atoms with Gasteiger partial charge in [-0.05, 0) is 31.4 Å². The van der Waals surface area contributed by atoms with Gasteiger partial charge in [0.1, 0.15) is 4.90 Å². The predicted octanol–water partition coefficient (Wildman–Crippen LogP) is 2.49. The smallest absolute Gasteiger partial charge is 0.242 e. The predicted molar refractivity (Wildman–Crippen MR) is 83.3 cm³/mol. The van der Waals surface area contributed by atoms with Crippen LogP contribution >= 0.6 is 39.3 Å². The van der Waals surface area contributed by atoms with Crippen molar-refractivity contribution in [1.29, 1.82) is 0 Å². The first-order chi connectivity index (χ1) is 8.81.